The van der Waals surface area contributed by atoms with Crippen LogP contribution in [0.15, 0.2) is 55.0 Å². The van der Waals surface area contributed by atoms with Crippen molar-refractivity contribution in [3.05, 3.63) is 55.0 Å². The lowest BCUT2D eigenvalue weighted by atomic mass is 9.97. The molecule has 13 heteroatoms. The molecule has 1 aromatic carbocycles. The van der Waals surface area contributed by atoms with E-state index in [1.165, 1.54) is 36.2 Å². The average Bonchev–Trinajstić information content (AvgIpc) is 3.08. The van der Waals surface area contributed by atoms with Crippen LogP contribution in [0.4, 0.5) is 0 Å². The SMILES string of the molecule is C#C[C@]1(COP(=O)(N[C@@H](C)C(=O)OC(C)C)Oc2ccccc2)O[C@@H](N2C=CC(=O)NC2=C)[C@H](O)[C@@H]1O. The van der Waals surface area contributed by atoms with E-state index >= 15 is 0 Å². The Morgan fingerprint density at radius 1 is 1.35 bits per heavy atom. The van der Waals surface area contributed by atoms with E-state index in [9.17, 15) is 24.4 Å². The highest BCUT2D eigenvalue weighted by Gasteiger charge is 2.57. The van der Waals surface area contributed by atoms with Crippen molar-refractivity contribution >= 4 is 19.6 Å². The second kappa shape index (κ2) is 11.5. The van der Waals surface area contributed by atoms with Crippen LogP contribution in [-0.2, 0) is 28.2 Å². The number of amides is 1. The molecular formula is C24H30N3O9P. The topological polar surface area (TPSA) is 156 Å². The first-order valence-electron chi connectivity index (χ1n) is 11.4. The Bertz CT molecular complexity index is 1140. The Balaban J connectivity index is 1.83. The number of benzene rings is 1. The van der Waals surface area contributed by atoms with Gasteiger partial charge in [0.2, 0.25) is 0 Å². The third-order valence-corrected chi connectivity index (χ3v) is 7.01. The van der Waals surface area contributed by atoms with Gasteiger partial charge >= 0.3 is 13.7 Å². The Morgan fingerprint density at radius 3 is 2.62 bits per heavy atom. The van der Waals surface area contributed by atoms with Gasteiger partial charge in [0, 0.05) is 12.3 Å². The number of aliphatic hydroxyl groups excluding tert-OH is 2. The van der Waals surface area contributed by atoms with Gasteiger partial charge in [-0.05, 0) is 32.9 Å². The fraction of sp³-hybridized carbons (Fsp3) is 0.417. The molecule has 1 aromatic rings. The molecule has 0 aromatic heterocycles. The highest BCUT2D eigenvalue weighted by Crippen LogP contribution is 2.47. The Labute approximate surface area is 214 Å². The number of para-hydroxylation sites is 1. The van der Waals surface area contributed by atoms with Gasteiger partial charge in [-0.3, -0.25) is 14.1 Å². The normalized spacial score (nSPS) is 27.8. The summed E-state index contributed by atoms with van der Waals surface area (Å²) in [6.45, 7) is 7.72. The van der Waals surface area contributed by atoms with Gasteiger partial charge in [0.25, 0.3) is 5.91 Å². The highest BCUT2D eigenvalue weighted by molar-refractivity contribution is 7.52. The van der Waals surface area contributed by atoms with Crippen molar-refractivity contribution < 1.29 is 42.9 Å². The predicted molar refractivity (Wildman–Crippen MR) is 131 cm³/mol. The van der Waals surface area contributed by atoms with Crippen LogP contribution in [0.1, 0.15) is 20.8 Å². The first kappa shape index (κ1) is 28.4. The van der Waals surface area contributed by atoms with Crippen molar-refractivity contribution in [2.75, 3.05) is 6.61 Å². The molecule has 1 saturated heterocycles. The van der Waals surface area contributed by atoms with Crippen LogP contribution in [-0.4, -0.2) is 69.8 Å². The molecule has 0 radical (unpaired) electrons. The molecule has 37 heavy (non-hydrogen) atoms. The molecule has 2 aliphatic rings. The molecule has 1 unspecified atom stereocenters. The lowest BCUT2D eigenvalue weighted by Crippen LogP contribution is -2.47. The second-order valence-electron chi connectivity index (χ2n) is 8.65. The molecule has 1 fully saturated rings. The van der Waals surface area contributed by atoms with Crippen molar-refractivity contribution in [3.8, 4) is 18.1 Å². The van der Waals surface area contributed by atoms with Gasteiger partial charge in [-0.2, -0.15) is 5.09 Å². The van der Waals surface area contributed by atoms with Crippen molar-refractivity contribution in [2.45, 2.75) is 57.0 Å². The molecular weight excluding hydrogens is 505 g/mol. The molecule has 1 amide bonds. The standard InChI is InChI=1S/C24H30N3O9P/c1-6-24(21(30)20(29)22(35-24)27-13-12-19(28)25-17(27)5)14-33-37(32,36-18-10-8-7-9-11-18)26-16(4)23(31)34-15(2)3/h1,7-13,15-16,20-22,29-30H,5,14H2,2-4H3,(H,25,28)(H,26,32)/t16-,20+,21-,22+,24+,37?/m0/s1. The van der Waals surface area contributed by atoms with Gasteiger partial charge in [0.1, 0.15) is 36.4 Å². The minimum absolute atomic E-state index is 0.0785. The van der Waals surface area contributed by atoms with Crippen LogP contribution in [0.25, 0.3) is 0 Å². The summed E-state index contributed by atoms with van der Waals surface area (Å²) in [6, 6.07) is 6.93. The van der Waals surface area contributed by atoms with Crippen LogP contribution >= 0.6 is 7.75 Å². The monoisotopic (exact) mass is 535 g/mol. The average molecular weight is 535 g/mol. The van der Waals surface area contributed by atoms with E-state index in [1.807, 2.05) is 0 Å². The molecule has 2 heterocycles. The van der Waals surface area contributed by atoms with Crippen molar-refractivity contribution in [1.29, 1.82) is 0 Å². The Morgan fingerprint density at radius 2 is 2.03 bits per heavy atom. The van der Waals surface area contributed by atoms with Gasteiger partial charge in [0.05, 0.1) is 6.10 Å². The van der Waals surface area contributed by atoms with Crippen LogP contribution in [0.3, 0.4) is 0 Å². The van der Waals surface area contributed by atoms with E-state index in [-0.39, 0.29) is 11.6 Å². The number of ether oxygens (including phenoxy) is 2. The molecule has 0 bridgehead atoms. The van der Waals surface area contributed by atoms with Crippen LogP contribution in [0, 0.1) is 12.3 Å². The number of carbonyl (C=O) groups is 2. The maximum atomic E-state index is 13.7. The van der Waals surface area contributed by atoms with Gasteiger partial charge < -0.3 is 34.4 Å². The zero-order valence-corrected chi connectivity index (χ0v) is 21.5. The zero-order chi connectivity index (χ0) is 27.4. The van der Waals surface area contributed by atoms with Crippen LogP contribution < -0.4 is 14.9 Å². The maximum absolute atomic E-state index is 13.7. The molecule has 6 atom stereocenters. The molecule has 0 aliphatic carbocycles. The third kappa shape index (κ3) is 6.59. The predicted octanol–water partition coefficient (Wildman–Crippen LogP) is 0.987. The first-order chi connectivity index (χ1) is 17.4. The van der Waals surface area contributed by atoms with Gasteiger partial charge in [0.15, 0.2) is 11.8 Å². The summed E-state index contributed by atoms with van der Waals surface area (Å²) >= 11 is 0. The van der Waals surface area contributed by atoms with E-state index in [0.717, 1.165) is 0 Å². The number of esters is 1. The van der Waals surface area contributed by atoms with Crippen LogP contribution in [0.2, 0.25) is 0 Å². The Hall–Kier alpha value is -3.17. The number of hydrogen-bond acceptors (Lipinski definition) is 10. The molecule has 4 N–H and O–H groups in total. The lowest BCUT2D eigenvalue weighted by molar-refractivity contribution is -0.149. The summed E-state index contributed by atoms with van der Waals surface area (Å²) in [4.78, 5) is 25.2. The van der Waals surface area contributed by atoms with E-state index in [0.29, 0.717) is 0 Å². The largest absolute Gasteiger partial charge is 0.462 e. The molecule has 12 nitrogen and oxygen atoms in total. The van der Waals surface area contributed by atoms with Crippen LogP contribution in [0.5, 0.6) is 5.75 Å². The van der Waals surface area contributed by atoms with Gasteiger partial charge in [-0.15, -0.1) is 6.42 Å². The molecule has 2 aliphatic heterocycles. The van der Waals surface area contributed by atoms with Gasteiger partial charge in [-0.1, -0.05) is 30.7 Å². The summed E-state index contributed by atoms with van der Waals surface area (Å²) in [5.41, 5.74) is -1.99. The van der Waals surface area contributed by atoms with E-state index in [4.69, 9.17) is 24.9 Å². The zero-order valence-electron chi connectivity index (χ0n) is 20.6. The van der Waals surface area contributed by atoms with Gasteiger partial charge in [-0.25, -0.2) is 4.57 Å². The van der Waals surface area contributed by atoms with E-state index in [1.54, 1.807) is 32.0 Å². The quantitative estimate of drug-likeness (QED) is 0.192. The first-order valence-corrected chi connectivity index (χ1v) is 12.9. The lowest BCUT2D eigenvalue weighted by Gasteiger charge is -2.33. The summed E-state index contributed by atoms with van der Waals surface area (Å²) in [6.07, 6.45) is 3.21. The molecule has 200 valence electrons. The van der Waals surface area contributed by atoms with E-state index < -0.39 is 62.4 Å². The fourth-order valence-corrected chi connectivity index (χ4v) is 5.05. The van der Waals surface area contributed by atoms with Crippen molar-refractivity contribution in [3.63, 3.8) is 0 Å². The Kier molecular flexibility index (Phi) is 8.81. The number of nitrogens with one attached hydrogen (secondary N) is 2. The summed E-state index contributed by atoms with van der Waals surface area (Å²) in [5, 5.41) is 26.5. The maximum Gasteiger partial charge on any atom is 0.459 e. The molecule has 0 saturated carbocycles. The summed E-state index contributed by atoms with van der Waals surface area (Å²) in [5.74, 6) is 1.37. The minimum atomic E-state index is -4.34. The second-order valence-corrected chi connectivity index (χ2v) is 10.3. The molecule has 0 spiro atoms. The smallest absolute Gasteiger partial charge is 0.459 e. The van der Waals surface area contributed by atoms with E-state index in [2.05, 4.69) is 22.9 Å². The highest BCUT2D eigenvalue weighted by atomic mass is 31.2. The number of nitrogens with zero attached hydrogens (tertiary/aromatic N) is 1. The number of hydrogen-bond donors (Lipinski definition) is 4. The minimum Gasteiger partial charge on any atom is -0.462 e. The van der Waals surface area contributed by atoms with Crippen molar-refractivity contribution in [1.82, 2.24) is 15.3 Å². The number of aliphatic hydroxyl groups is 2. The fourth-order valence-electron chi connectivity index (χ4n) is 3.53. The summed E-state index contributed by atoms with van der Waals surface area (Å²) < 4.78 is 35.9. The number of rotatable bonds is 10. The third-order valence-electron chi connectivity index (χ3n) is 5.38. The summed E-state index contributed by atoms with van der Waals surface area (Å²) in [7, 11) is -4.34. The molecule has 3 rings (SSSR count). The number of carbonyl (C=O) groups excluding carboxylic acids is 2. The number of terminal acetylenes is 1. The van der Waals surface area contributed by atoms with Crippen molar-refractivity contribution in [2.24, 2.45) is 0 Å².